The number of oxime groups is 1. The summed E-state index contributed by atoms with van der Waals surface area (Å²) in [5, 5.41) is 96.9. The summed E-state index contributed by atoms with van der Waals surface area (Å²) in [5.74, 6) is 8.21. The molecule has 0 spiro atoms. The van der Waals surface area contributed by atoms with Crippen LogP contribution in [0.3, 0.4) is 0 Å². The van der Waals surface area contributed by atoms with Gasteiger partial charge < -0.3 is 93.3 Å². The maximum atomic E-state index is 9.52. The molecule has 0 saturated heterocycles. The number of fused-ring (bicyclic) bond motifs is 9. The quantitative estimate of drug-likeness (QED) is 0.0628. The summed E-state index contributed by atoms with van der Waals surface area (Å²) < 4.78 is 40.2. The van der Waals surface area contributed by atoms with Crippen LogP contribution in [0.5, 0.6) is 5.75 Å². The first-order valence-corrected chi connectivity index (χ1v) is 48.5. The lowest BCUT2D eigenvalue weighted by molar-refractivity contribution is 0.210. The van der Waals surface area contributed by atoms with Gasteiger partial charge in [0.15, 0.2) is 6.40 Å². The second kappa shape index (κ2) is 74.7. The van der Waals surface area contributed by atoms with Crippen LogP contribution in [0, 0.1) is 53.3 Å². The molecule has 0 radical (unpaired) electrons. The van der Waals surface area contributed by atoms with Crippen LogP contribution in [-0.4, -0.2) is 167 Å². The van der Waals surface area contributed by atoms with E-state index in [0.717, 1.165) is 157 Å². The molecule has 0 aromatic heterocycles. The topological polar surface area (TPSA) is 329 Å². The minimum atomic E-state index is -0.906. The Morgan fingerprint density at radius 1 is 0.299 bits per heavy atom. The molecule has 9 aliphatic heterocycles. The van der Waals surface area contributed by atoms with E-state index in [4.69, 9.17) is 37.7 Å². The van der Waals surface area contributed by atoms with E-state index in [2.05, 4.69) is 223 Å². The van der Waals surface area contributed by atoms with E-state index < -0.39 is 63.9 Å². The third-order valence-corrected chi connectivity index (χ3v) is 16.4. The number of nitrogens with one attached hydrogen (secondary N) is 2. The maximum absolute atomic E-state index is 9.52. The number of hydrogen-bond donors (Lipinski definition) is 11. The maximum Gasteiger partial charge on any atom is 0.583 e. The van der Waals surface area contributed by atoms with Crippen molar-refractivity contribution in [3.05, 3.63) is 252 Å². The van der Waals surface area contributed by atoms with Crippen LogP contribution in [0.15, 0.2) is 239 Å². The average Bonchev–Trinajstić information content (AvgIpc) is 1.70. The minimum Gasteiger partial charge on any atom is -0.524 e. The monoisotopic (exact) mass is 1880 g/mol. The molecule has 9 aliphatic rings. The summed E-state index contributed by atoms with van der Waals surface area (Å²) in [6, 6.07) is 68.6. The normalized spacial score (nSPS) is 13.7. The fourth-order valence-electron chi connectivity index (χ4n) is 11.2. The minimum absolute atomic E-state index is 0.426. The Morgan fingerprint density at radius 2 is 0.642 bits per heavy atom. The molecule has 11 N–H and O–H groups in total. The number of hydrogen-bond acceptors (Lipinski definition) is 23. The van der Waals surface area contributed by atoms with Gasteiger partial charge in [0.1, 0.15) is 12.4 Å². The smallest absolute Gasteiger partial charge is 0.524 e. The molecule has 0 atom stereocenters. The number of anilines is 1. The van der Waals surface area contributed by atoms with Crippen molar-refractivity contribution in [2.45, 2.75) is 226 Å². The van der Waals surface area contributed by atoms with Gasteiger partial charge in [-0.25, -0.2) is 4.99 Å². The van der Waals surface area contributed by atoms with Crippen molar-refractivity contribution in [1.82, 2.24) is 5.34 Å². The Bertz CT molecular complexity index is 4340. The number of ether oxygens (including phenoxy) is 1. The highest BCUT2D eigenvalue weighted by Gasteiger charge is 2.30. The van der Waals surface area contributed by atoms with E-state index in [1.54, 1.807) is 24.6 Å². The highest BCUT2D eigenvalue weighted by molar-refractivity contribution is 6.68. The Morgan fingerprint density at radius 3 is 1.08 bits per heavy atom. The standard InChI is InChI=1S/2C9H11BO2.C8H9BO3.C8H9BO2.2C7H7BN2O.2C7H6BNO2.C7H7BO2.9C4H10/c2*11-10-9-6-2-1-4-8(9)5-3-7-12-10;10-9-7-3-1-2-4-8(7)11-5-6-12-9;10-9-8-4-2-1-3-7(8)5-6-11-9;11-8-6-3-1-2-4-7(6)9-5-10-8;11-8-7-4-2-1-3-6(7)5-9-10-8;10-8-6-3-1-2-4-7(6)9-5-11-8;10-8-7-4-2-1-3-6(7)5-9-11-8;9-8-7-4-2-1-3-6(7)5-10-8;9*1-4(2)3/h2*1-2,4,6,11H,3,5,7H2;1-4,10H,5-6H2;1-4,10H,5-6H2;1-5,11H,(H,9,10);1-5,10-11H;2*1-5,10H;1-4,9H,5H2;9*4H,1-3H3. The Hall–Kier alpha value is -9.32. The fourth-order valence-corrected chi connectivity index (χ4v) is 11.2. The molecule has 9 aromatic carbocycles. The van der Waals surface area contributed by atoms with Crippen LogP contribution in [0.1, 0.15) is 233 Å². The number of aryl methyl sites for hydroxylation is 2. The molecule has 0 bridgehead atoms. The highest BCUT2D eigenvalue weighted by atomic mass is 16.6. The predicted molar refractivity (Wildman–Crippen MR) is 586 cm³/mol. The third kappa shape index (κ3) is 59.7. The van der Waals surface area contributed by atoms with E-state index in [1.165, 1.54) is 29.4 Å². The van der Waals surface area contributed by atoms with Crippen molar-refractivity contribution in [2.75, 3.05) is 38.4 Å². The summed E-state index contributed by atoms with van der Waals surface area (Å²) in [5.41, 5.74) is 15.9. The second-order valence-electron chi connectivity index (χ2n) is 38.7. The van der Waals surface area contributed by atoms with Crippen LogP contribution in [0.2, 0.25) is 0 Å². The molecule has 9 heterocycles. The van der Waals surface area contributed by atoms with Crippen LogP contribution >= 0.6 is 0 Å². The van der Waals surface area contributed by atoms with Gasteiger partial charge in [-0.3, -0.25) is 4.90 Å². The third-order valence-electron chi connectivity index (χ3n) is 16.4. The molecule has 137 heavy (non-hydrogen) atoms. The lowest BCUT2D eigenvalue weighted by Crippen LogP contribution is -2.46. The van der Waals surface area contributed by atoms with Gasteiger partial charge in [0.2, 0.25) is 0 Å². The number of para-hydroxylation sites is 3. The lowest BCUT2D eigenvalue weighted by atomic mass is 9.72. The summed E-state index contributed by atoms with van der Waals surface area (Å²) in [6.07, 6.45) is 11.0. The summed E-state index contributed by atoms with van der Waals surface area (Å²) >= 11 is 0. The molecule has 742 valence electrons. The molecule has 0 fully saturated rings. The van der Waals surface area contributed by atoms with E-state index in [0.29, 0.717) is 50.9 Å². The molecule has 0 saturated carbocycles. The van der Waals surface area contributed by atoms with Crippen molar-refractivity contribution in [1.29, 1.82) is 0 Å². The molecule has 32 heteroatoms. The van der Waals surface area contributed by atoms with Crippen molar-refractivity contribution >= 4 is 150 Å². The molecule has 0 unspecified atom stereocenters. The average molecular weight is 1880 g/mol. The van der Waals surface area contributed by atoms with Crippen LogP contribution in [0.4, 0.5) is 11.4 Å². The number of aliphatic imine (C=N–C) groups is 1. The zero-order valence-electron chi connectivity index (χ0n) is 87.3. The summed E-state index contributed by atoms with van der Waals surface area (Å²) in [6.45, 7) is 61.9. The molecule has 9 aromatic rings. The number of nitrogens with zero attached hydrogens (tertiary/aromatic N) is 4. The molecular weight excluding hydrogens is 1710 g/mol. The predicted octanol–water partition coefficient (Wildman–Crippen LogP) is 14.2. The molecule has 23 nitrogen and oxygen atoms in total. The number of hydrazone groups is 1. The van der Waals surface area contributed by atoms with Gasteiger partial charge in [0.25, 0.3) is 0 Å². The van der Waals surface area contributed by atoms with Gasteiger partial charge >= 0.3 is 63.9 Å². The van der Waals surface area contributed by atoms with Gasteiger partial charge in [0, 0.05) is 41.9 Å². The molecule has 0 aliphatic carbocycles. The Balaban J connectivity index is 0.000000738. The zero-order chi connectivity index (χ0) is 103. The van der Waals surface area contributed by atoms with E-state index in [1.807, 2.05) is 206 Å². The van der Waals surface area contributed by atoms with Gasteiger partial charge in [0.05, 0.1) is 37.7 Å². The summed E-state index contributed by atoms with van der Waals surface area (Å²) in [7, 11) is -6.81. The van der Waals surface area contributed by atoms with E-state index in [9.17, 15) is 40.2 Å². The fraction of sp³-hybridized carbons (Fsp3) is 0.448. The highest BCUT2D eigenvalue weighted by Crippen LogP contribution is 2.15. The van der Waals surface area contributed by atoms with Crippen molar-refractivity contribution in [3.8, 4) is 5.75 Å². The zero-order valence-corrected chi connectivity index (χ0v) is 87.3. The van der Waals surface area contributed by atoms with Crippen LogP contribution < -0.4 is 64.6 Å². The van der Waals surface area contributed by atoms with Crippen molar-refractivity contribution in [2.24, 2.45) is 73.4 Å². The largest absolute Gasteiger partial charge is 0.583 e. The molecule has 0 amide bonds. The first kappa shape index (κ1) is 126. The van der Waals surface area contributed by atoms with Crippen LogP contribution in [0.25, 0.3) is 0 Å². The Kier molecular flexibility index (Phi) is 68.5. The SMILES string of the molecule is CC(C)C.CC(C)C.CC(C)C.CC(C)C.CC(C)C.CC(C)C.CC(C)C.CC(C)C.CC(C)C.OB1N=CNc2ccccc21.OB1NN=Cc2ccccc21.OB1OC=Nc2ccccc21.OB1OCCCc2ccccc21.OB1OCCCc2ccccc21.OB1OCCOc2ccccc21.OB1OCCc2ccccc21.OB1OCc2ccccc21.OB1ON=Cc2ccccc21. The number of rotatable bonds is 0. The summed E-state index contributed by atoms with van der Waals surface area (Å²) in [4.78, 5) is 7.73. The first-order valence-electron chi connectivity index (χ1n) is 48.5. The van der Waals surface area contributed by atoms with Crippen molar-refractivity contribution < 1.29 is 82.6 Å². The Labute approximate surface area is 827 Å². The lowest BCUT2D eigenvalue weighted by Gasteiger charge is -2.17. The molecule has 18 rings (SSSR count). The van der Waals surface area contributed by atoms with Gasteiger partial charge in [-0.2, -0.15) is 5.10 Å². The first-order chi connectivity index (χ1) is 65.0. The number of benzene rings is 9. The van der Waals surface area contributed by atoms with E-state index >= 15 is 0 Å². The second-order valence-corrected chi connectivity index (χ2v) is 38.7. The van der Waals surface area contributed by atoms with Gasteiger partial charge in [-0.15, -0.1) is 5.16 Å². The van der Waals surface area contributed by atoms with Gasteiger partial charge in [-0.1, -0.05) is 387 Å². The van der Waals surface area contributed by atoms with Gasteiger partial charge in [-0.05, 0) is 170 Å². The van der Waals surface area contributed by atoms with Crippen molar-refractivity contribution in [3.63, 3.8) is 0 Å². The van der Waals surface area contributed by atoms with E-state index in [-0.39, 0.29) is 0 Å². The molecular formula is C105H163B9N6O17. The van der Waals surface area contributed by atoms with Crippen LogP contribution in [-0.2, 0) is 58.6 Å².